The number of carbonyl (C=O) groups excluding carboxylic acids is 1. The van der Waals surface area contributed by atoms with E-state index in [0.29, 0.717) is 6.42 Å². The van der Waals surface area contributed by atoms with E-state index in [1.54, 1.807) is 6.08 Å². The summed E-state index contributed by atoms with van der Waals surface area (Å²) in [5.41, 5.74) is 0. The molecule has 0 aromatic heterocycles. The molecule has 76 heavy (non-hydrogen) atoms. The smallest absolute Gasteiger partial charge is 0.220 e. The molecule has 0 spiro atoms. The summed E-state index contributed by atoms with van der Waals surface area (Å²) in [5.74, 6) is -0.170. The molecule has 0 aliphatic carbocycles. The van der Waals surface area contributed by atoms with Gasteiger partial charge in [0.25, 0.3) is 0 Å². The lowest BCUT2D eigenvalue weighted by atomic mass is 9.99. The fraction of sp³-hybridized carbons (Fsp3) is 0.955. The van der Waals surface area contributed by atoms with E-state index in [-0.39, 0.29) is 12.5 Å². The van der Waals surface area contributed by atoms with E-state index >= 15 is 0 Å². The molecule has 7 atom stereocenters. The fourth-order valence-corrected chi connectivity index (χ4v) is 11.3. The molecular formula is C67H131NO8. The van der Waals surface area contributed by atoms with Crippen LogP contribution in [0.4, 0.5) is 0 Å². The van der Waals surface area contributed by atoms with Gasteiger partial charge < -0.3 is 40.3 Å². The fourth-order valence-electron chi connectivity index (χ4n) is 11.3. The lowest BCUT2D eigenvalue weighted by molar-refractivity contribution is -0.302. The molecule has 0 saturated carbocycles. The molecule has 0 bridgehead atoms. The van der Waals surface area contributed by atoms with Crippen LogP contribution in [-0.4, -0.2) is 87.5 Å². The van der Waals surface area contributed by atoms with Crippen LogP contribution in [0.2, 0.25) is 0 Å². The van der Waals surface area contributed by atoms with Crippen molar-refractivity contribution in [3.8, 4) is 0 Å². The second-order valence-corrected chi connectivity index (χ2v) is 24.0. The number of aliphatic hydroxyl groups is 5. The van der Waals surface area contributed by atoms with Crippen LogP contribution in [0.25, 0.3) is 0 Å². The predicted octanol–water partition coefficient (Wildman–Crippen LogP) is 17.9. The SMILES string of the molecule is CCCCCCCCCCCCC/C=C/C(O)C(COC1OC(CO)C(O)C(O)C1O)NC(=O)CCCCCCCCCCCCCCCCCCCCCCCCCCCCCCCCCCCCCCCCCC. The Morgan fingerprint density at radius 3 is 1.03 bits per heavy atom. The summed E-state index contributed by atoms with van der Waals surface area (Å²) in [7, 11) is 0. The number of aliphatic hydroxyl groups excluding tert-OH is 5. The van der Waals surface area contributed by atoms with Crippen molar-refractivity contribution in [2.75, 3.05) is 13.2 Å². The zero-order valence-electron chi connectivity index (χ0n) is 50.5. The minimum Gasteiger partial charge on any atom is -0.394 e. The topological polar surface area (TPSA) is 149 Å². The third-order valence-electron chi connectivity index (χ3n) is 16.6. The number of amides is 1. The Morgan fingerprint density at radius 1 is 0.434 bits per heavy atom. The van der Waals surface area contributed by atoms with Crippen LogP contribution in [0, 0.1) is 0 Å². The van der Waals surface area contributed by atoms with Gasteiger partial charge in [-0.05, 0) is 19.3 Å². The van der Waals surface area contributed by atoms with Crippen molar-refractivity contribution in [3.05, 3.63) is 12.2 Å². The zero-order valence-corrected chi connectivity index (χ0v) is 50.5. The van der Waals surface area contributed by atoms with Gasteiger partial charge in [-0.1, -0.05) is 341 Å². The van der Waals surface area contributed by atoms with Gasteiger partial charge in [0.1, 0.15) is 24.4 Å². The van der Waals surface area contributed by atoms with Crippen molar-refractivity contribution in [3.63, 3.8) is 0 Å². The van der Waals surface area contributed by atoms with Crippen molar-refractivity contribution in [2.24, 2.45) is 0 Å². The van der Waals surface area contributed by atoms with Crippen molar-refractivity contribution >= 4 is 5.91 Å². The van der Waals surface area contributed by atoms with Gasteiger partial charge in [-0.3, -0.25) is 4.79 Å². The van der Waals surface area contributed by atoms with Crippen LogP contribution in [0.3, 0.4) is 0 Å². The van der Waals surface area contributed by atoms with Gasteiger partial charge in [0.15, 0.2) is 6.29 Å². The highest BCUT2D eigenvalue weighted by atomic mass is 16.7. The van der Waals surface area contributed by atoms with E-state index in [2.05, 4.69) is 19.2 Å². The molecule has 0 aromatic rings. The molecule has 0 aromatic carbocycles. The predicted molar refractivity (Wildman–Crippen MR) is 323 cm³/mol. The summed E-state index contributed by atoms with van der Waals surface area (Å²) in [6.07, 6.45) is 66.3. The molecule has 452 valence electrons. The van der Waals surface area contributed by atoms with Crippen molar-refractivity contribution in [2.45, 2.75) is 397 Å². The third kappa shape index (κ3) is 45.6. The zero-order chi connectivity index (χ0) is 55.0. The highest BCUT2D eigenvalue weighted by Crippen LogP contribution is 2.23. The highest BCUT2D eigenvalue weighted by molar-refractivity contribution is 5.76. The van der Waals surface area contributed by atoms with E-state index in [4.69, 9.17) is 9.47 Å². The molecule has 1 aliphatic heterocycles. The first-order chi connectivity index (χ1) is 37.3. The van der Waals surface area contributed by atoms with Crippen LogP contribution in [0.15, 0.2) is 12.2 Å². The van der Waals surface area contributed by atoms with E-state index < -0.39 is 49.5 Å². The molecule has 0 radical (unpaired) electrons. The number of carbonyl (C=O) groups is 1. The minimum atomic E-state index is -1.56. The van der Waals surface area contributed by atoms with Crippen molar-refractivity contribution in [1.82, 2.24) is 5.32 Å². The lowest BCUT2D eigenvalue weighted by Crippen LogP contribution is -2.60. The number of ether oxygens (including phenoxy) is 2. The van der Waals surface area contributed by atoms with Gasteiger partial charge >= 0.3 is 0 Å². The Kier molecular flexibility index (Phi) is 54.9. The summed E-state index contributed by atoms with van der Waals surface area (Å²) >= 11 is 0. The van der Waals surface area contributed by atoms with Crippen LogP contribution in [0.5, 0.6) is 0 Å². The van der Waals surface area contributed by atoms with Crippen molar-refractivity contribution in [1.29, 1.82) is 0 Å². The number of nitrogens with one attached hydrogen (secondary N) is 1. The second-order valence-electron chi connectivity index (χ2n) is 24.0. The van der Waals surface area contributed by atoms with Gasteiger partial charge in [0.2, 0.25) is 5.91 Å². The molecule has 9 nitrogen and oxygen atoms in total. The van der Waals surface area contributed by atoms with Gasteiger partial charge in [0.05, 0.1) is 25.4 Å². The Hall–Kier alpha value is -1.07. The number of unbranched alkanes of at least 4 members (excludes halogenated alkanes) is 50. The summed E-state index contributed by atoms with van der Waals surface area (Å²) in [4.78, 5) is 13.1. The number of rotatable bonds is 60. The van der Waals surface area contributed by atoms with Crippen LogP contribution >= 0.6 is 0 Å². The Morgan fingerprint density at radius 2 is 0.724 bits per heavy atom. The summed E-state index contributed by atoms with van der Waals surface area (Å²) in [6.45, 7) is 3.81. The second kappa shape index (κ2) is 57.2. The molecule has 1 fully saturated rings. The van der Waals surface area contributed by atoms with Gasteiger partial charge in [-0.2, -0.15) is 0 Å². The van der Waals surface area contributed by atoms with Crippen LogP contribution in [-0.2, 0) is 14.3 Å². The van der Waals surface area contributed by atoms with Crippen LogP contribution in [0.1, 0.15) is 354 Å². The maximum Gasteiger partial charge on any atom is 0.220 e. The molecule has 1 aliphatic rings. The first-order valence-corrected chi connectivity index (χ1v) is 33.9. The summed E-state index contributed by atoms with van der Waals surface area (Å²) in [5, 5.41) is 54.5. The normalized spacial score (nSPS) is 18.8. The number of hydrogen-bond acceptors (Lipinski definition) is 8. The molecule has 7 unspecified atom stereocenters. The summed E-state index contributed by atoms with van der Waals surface area (Å²) < 4.78 is 11.3. The van der Waals surface area contributed by atoms with Crippen LogP contribution < -0.4 is 5.32 Å². The largest absolute Gasteiger partial charge is 0.394 e. The minimum absolute atomic E-state index is 0.170. The maximum atomic E-state index is 13.1. The lowest BCUT2D eigenvalue weighted by Gasteiger charge is -2.40. The molecule has 6 N–H and O–H groups in total. The van der Waals surface area contributed by atoms with Gasteiger partial charge in [-0.15, -0.1) is 0 Å². The van der Waals surface area contributed by atoms with Gasteiger partial charge in [0, 0.05) is 6.42 Å². The Balaban J connectivity index is 1.99. The van der Waals surface area contributed by atoms with Crippen molar-refractivity contribution < 1.29 is 39.8 Å². The van der Waals surface area contributed by atoms with E-state index in [1.807, 2.05) is 6.08 Å². The molecule has 9 heteroatoms. The molecule has 1 heterocycles. The van der Waals surface area contributed by atoms with Gasteiger partial charge in [-0.25, -0.2) is 0 Å². The third-order valence-corrected chi connectivity index (χ3v) is 16.6. The number of allylic oxidation sites excluding steroid dienone is 1. The first kappa shape index (κ1) is 72.9. The maximum absolute atomic E-state index is 13.1. The highest BCUT2D eigenvalue weighted by Gasteiger charge is 2.44. The summed E-state index contributed by atoms with van der Waals surface area (Å²) in [6, 6.07) is -0.800. The number of hydrogen-bond donors (Lipinski definition) is 6. The van der Waals surface area contributed by atoms with E-state index in [0.717, 1.165) is 38.5 Å². The quantitative estimate of drug-likeness (QED) is 0.0261. The molecule has 1 amide bonds. The average Bonchev–Trinajstić information content (AvgIpc) is 3.42. The van der Waals surface area contributed by atoms with E-state index in [1.165, 1.54) is 295 Å². The molecular weight excluding hydrogens is 947 g/mol. The standard InChI is InChI=1S/C67H131NO8/c1-3-5-7-9-11-13-15-17-18-19-20-21-22-23-24-25-26-27-28-29-30-31-32-33-34-35-36-37-38-39-40-41-42-43-45-47-49-51-53-55-57-63(71)68-60(59-75-67-66(74)65(73)64(72)62(58-69)76-67)61(70)56-54-52-50-48-46-44-16-14-12-10-8-6-4-2/h54,56,60-62,64-67,69-70,72-74H,3-53,55,57-59H2,1-2H3,(H,68,71)/b56-54+. The average molecular weight is 1080 g/mol. The molecule has 1 rings (SSSR count). The monoisotopic (exact) mass is 1080 g/mol. The Bertz CT molecular complexity index is 1200. The first-order valence-electron chi connectivity index (χ1n) is 33.9. The Labute approximate surface area is 471 Å². The molecule has 1 saturated heterocycles. The van der Waals surface area contributed by atoms with E-state index in [9.17, 15) is 30.3 Å².